The summed E-state index contributed by atoms with van der Waals surface area (Å²) in [5, 5.41) is 20.0. The van der Waals surface area contributed by atoms with Crippen molar-refractivity contribution in [3.63, 3.8) is 0 Å². The molecule has 1 fully saturated rings. The third-order valence-electron chi connectivity index (χ3n) is 3.22. The summed E-state index contributed by atoms with van der Waals surface area (Å²) in [4.78, 5) is 24.0. The van der Waals surface area contributed by atoms with Crippen LogP contribution in [0.3, 0.4) is 0 Å². The predicted molar refractivity (Wildman–Crippen MR) is 61.7 cm³/mol. The lowest BCUT2D eigenvalue weighted by atomic mass is 10.2. The third-order valence-corrected chi connectivity index (χ3v) is 3.22. The fourth-order valence-corrected chi connectivity index (χ4v) is 2.20. The lowest BCUT2D eigenvalue weighted by Crippen LogP contribution is -2.48. The normalized spacial score (nSPS) is 25.7. The van der Waals surface area contributed by atoms with E-state index < -0.39 is 12.1 Å². The van der Waals surface area contributed by atoms with Crippen LogP contribution in [-0.2, 0) is 4.79 Å². The summed E-state index contributed by atoms with van der Waals surface area (Å²) in [5.41, 5.74) is 0. The number of nitrogens with zero attached hydrogens (tertiary/aromatic N) is 1. The molecule has 17 heavy (non-hydrogen) atoms. The highest BCUT2D eigenvalue weighted by Gasteiger charge is 2.33. The first-order valence-electron chi connectivity index (χ1n) is 5.94. The van der Waals surface area contributed by atoms with Crippen LogP contribution < -0.4 is 5.32 Å². The van der Waals surface area contributed by atoms with Gasteiger partial charge in [-0.05, 0) is 26.2 Å². The molecular weight excluding hydrogens is 224 g/mol. The van der Waals surface area contributed by atoms with Gasteiger partial charge in [0.25, 0.3) is 0 Å². The molecule has 1 saturated heterocycles. The van der Waals surface area contributed by atoms with Crippen LogP contribution in [0.15, 0.2) is 0 Å². The van der Waals surface area contributed by atoms with Gasteiger partial charge in [-0.15, -0.1) is 0 Å². The van der Waals surface area contributed by atoms with Gasteiger partial charge in [0.05, 0.1) is 6.54 Å². The van der Waals surface area contributed by atoms with Crippen LogP contribution >= 0.6 is 0 Å². The van der Waals surface area contributed by atoms with E-state index in [0.29, 0.717) is 0 Å². The maximum absolute atomic E-state index is 11.9. The number of nitrogens with one attached hydrogen (secondary N) is 1. The van der Waals surface area contributed by atoms with Crippen LogP contribution in [0.1, 0.15) is 33.1 Å². The van der Waals surface area contributed by atoms with Crippen molar-refractivity contribution in [3.05, 3.63) is 0 Å². The molecule has 0 aromatic carbocycles. The smallest absolute Gasteiger partial charge is 0.334 e. The summed E-state index contributed by atoms with van der Waals surface area (Å²) in [5.74, 6) is -1.33. The van der Waals surface area contributed by atoms with Gasteiger partial charge in [0.15, 0.2) is 6.10 Å². The molecule has 6 nitrogen and oxygen atoms in total. The molecule has 6 heteroatoms. The van der Waals surface area contributed by atoms with E-state index in [1.165, 1.54) is 0 Å². The standard InChI is InChI=1S/C11H20N2O4/c1-3-8-5-4-7(2)13(8)11(17)12-6-9(14)10(15)16/h7-9,14H,3-6H2,1-2H3,(H,12,17)(H,15,16)/t7?,8?,9-/m0/s1. The number of aliphatic hydroxyl groups is 1. The van der Waals surface area contributed by atoms with Crippen molar-refractivity contribution in [1.29, 1.82) is 0 Å². The lowest BCUT2D eigenvalue weighted by Gasteiger charge is -2.28. The number of carboxylic acids is 1. The first-order valence-corrected chi connectivity index (χ1v) is 5.94. The summed E-state index contributed by atoms with van der Waals surface area (Å²) in [6, 6.07) is 0.0936. The number of amides is 2. The van der Waals surface area contributed by atoms with Crippen molar-refractivity contribution in [2.45, 2.75) is 51.3 Å². The maximum Gasteiger partial charge on any atom is 0.334 e. The monoisotopic (exact) mass is 244 g/mol. The van der Waals surface area contributed by atoms with E-state index in [2.05, 4.69) is 5.32 Å². The van der Waals surface area contributed by atoms with Crippen molar-refractivity contribution in [2.75, 3.05) is 6.54 Å². The molecule has 98 valence electrons. The molecule has 0 spiro atoms. The quantitative estimate of drug-likeness (QED) is 0.668. The van der Waals surface area contributed by atoms with Gasteiger partial charge >= 0.3 is 12.0 Å². The average molecular weight is 244 g/mol. The topological polar surface area (TPSA) is 89.9 Å². The van der Waals surface area contributed by atoms with E-state index in [9.17, 15) is 9.59 Å². The molecule has 0 bridgehead atoms. The van der Waals surface area contributed by atoms with Crippen LogP contribution in [0.25, 0.3) is 0 Å². The van der Waals surface area contributed by atoms with Crippen LogP contribution in [0, 0.1) is 0 Å². The van der Waals surface area contributed by atoms with Crippen LogP contribution in [0.2, 0.25) is 0 Å². The average Bonchev–Trinajstić information content (AvgIpc) is 2.66. The highest BCUT2D eigenvalue weighted by molar-refractivity contribution is 5.77. The van der Waals surface area contributed by atoms with Gasteiger partial charge < -0.3 is 20.4 Å². The van der Waals surface area contributed by atoms with E-state index in [1.54, 1.807) is 4.90 Å². The molecule has 2 amide bonds. The molecule has 1 heterocycles. The molecular formula is C11H20N2O4. The van der Waals surface area contributed by atoms with E-state index in [1.807, 2.05) is 13.8 Å². The number of carboxylic acid groups (broad SMARTS) is 1. The second-order valence-electron chi connectivity index (χ2n) is 4.44. The molecule has 2 unspecified atom stereocenters. The number of carbonyl (C=O) groups is 2. The predicted octanol–water partition coefficient (Wildman–Crippen LogP) is 0.404. The molecule has 3 N–H and O–H groups in total. The van der Waals surface area contributed by atoms with Gasteiger partial charge in [-0.2, -0.15) is 0 Å². The molecule has 1 rings (SSSR count). The zero-order chi connectivity index (χ0) is 13.0. The van der Waals surface area contributed by atoms with E-state index in [4.69, 9.17) is 10.2 Å². The number of carbonyl (C=O) groups excluding carboxylic acids is 1. The lowest BCUT2D eigenvalue weighted by molar-refractivity contribution is -0.146. The second-order valence-corrected chi connectivity index (χ2v) is 4.44. The Balaban J connectivity index is 2.49. The summed E-state index contributed by atoms with van der Waals surface area (Å²) < 4.78 is 0. The molecule has 0 aliphatic carbocycles. The van der Waals surface area contributed by atoms with Crippen LogP contribution in [-0.4, -0.2) is 51.8 Å². The van der Waals surface area contributed by atoms with Crippen molar-refractivity contribution in [2.24, 2.45) is 0 Å². The fourth-order valence-electron chi connectivity index (χ4n) is 2.20. The summed E-state index contributed by atoms with van der Waals surface area (Å²) >= 11 is 0. The number of rotatable bonds is 4. The highest BCUT2D eigenvalue weighted by atomic mass is 16.4. The minimum Gasteiger partial charge on any atom is -0.479 e. The van der Waals surface area contributed by atoms with Gasteiger partial charge in [-0.1, -0.05) is 6.92 Å². The molecule has 0 aromatic heterocycles. The van der Waals surface area contributed by atoms with Crippen LogP contribution in [0.4, 0.5) is 4.79 Å². The van der Waals surface area contributed by atoms with Crippen LogP contribution in [0.5, 0.6) is 0 Å². The van der Waals surface area contributed by atoms with E-state index in [-0.39, 0.29) is 24.7 Å². The van der Waals surface area contributed by atoms with E-state index >= 15 is 0 Å². The SMILES string of the molecule is CCC1CCC(C)N1C(=O)NC[C@H](O)C(=O)O. The zero-order valence-corrected chi connectivity index (χ0v) is 10.2. The van der Waals surface area contributed by atoms with Gasteiger partial charge in [0.1, 0.15) is 0 Å². The Morgan fingerprint density at radius 1 is 1.47 bits per heavy atom. The summed E-state index contributed by atoms with van der Waals surface area (Å²) in [7, 11) is 0. The van der Waals surface area contributed by atoms with Crippen molar-refractivity contribution in [3.8, 4) is 0 Å². The molecule has 1 aliphatic heterocycles. The maximum atomic E-state index is 11.9. The van der Waals surface area contributed by atoms with Crippen molar-refractivity contribution in [1.82, 2.24) is 10.2 Å². The number of aliphatic hydroxyl groups excluding tert-OH is 1. The number of urea groups is 1. The second kappa shape index (κ2) is 5.86. The summed E-state index contributed by atoms with van der Waals surface area (Å²) in [6.45, 7) is 3.74. The zero-order valence-electron chi connectivity index (χ0n) is 10.2. The minimum atomic E-state index is -1.54. The molecule has 0 aromatic rings. The van der Waals surface area contributed by atoms with Crippen molar-refractivity contribution < 1.29 is 19.8 Å². The Hall–Kier alpha value is -1.30. The number of hydrogen-bond donors (Lipinski definition) is 3. The molecule has 3 atom stereocenters. The Labute approximate surface area is 101 Å². The minimum absolute atomic E-state index is 0.168. The third kappa shape index (κ3) is 3.33. The Bertz CT molecular complexity index is 295. The highest BCUT2D eigenvalue weighted by Crippen LogP contribution is 2.25. The Morgan fingerprint density at radius 3 is 2.65 bits per heavy atom. The largest absolute Gasteiger partial charge is 0.479 e. The fraction of sp³-hybridized carbons (Fsp3) is 0.818. The molecule has 0 saturated carbocycles. The molecule has 0 radical (unpaired) electrons. The number of likely N-dealkylation sites (tertiary alicyclic amines) is 1. The summed E-state index contributed by atoms with van der Waals surface area (Å²) in [6.07, 6.45) is 1.29. The van der Waals surface area contributed by atoms with Gasteiger partial charge in [0, 0.05) is 12.1 Å². The van der Waals surface area contributed by atoms with Gasteiger partial charge in [0.2, 0.25) is 0 Å². The first kappa shape index (κ1) is 13.8. The van der Waals surface area contributed by atoms with E-state index in [0.717, 1.165) is 19.3 Å². The number of hydrogen-bond acceptors (Lipinski definition) is 3. The number of aliphatic carboxylic acids is 1. The Kier molecular flexibility index (Phi) is 4.74. The van der Waals surface area contributed by atoms with Gasteiger partial charge in [-0.3, -0.25) is 0 Å². The van der Waals surface area contributed by atoms with Gasteiger partial charge in [-0.25, -0.2) is 9.59 Å². The molecule has 1 aliphatic rings. The Morgan fingerprint density at radius 2 is 2.12 bits per heavy atom. The van der Waals surface area contributed by atoms with Crippen molar-refractivity contribution >= 4 is 12.0 Å². The first-order chi connectivity index (χ1) is 7.97.